The Balaban J connectivity index is 2.64. The Labute approximate surface area is 196 Å². The predicted octanol–water partition coefficient (Wildman–Crippen LogP) is 7.33. The highest BCUT2D eigenvalue weighted by molar-refractivity contribution is 7.68. The zero-order valence-corrected chi connectivity index (χ0v) is 23.1. The molecule has 3 nitrogen and oxygen atoms in total. The highest BCUT2D eigenvalue weighted by Crippen LogP contribution is 2.54. The summed E-state index contributed by atoms with van der Waals surface area (Å²) in [5, 5.41) is 0.484. The van der Waals surface area contributed by atoms with Gasteiger partial charge in [-0.2, -0.15) is 9.79 Å². The monoisotopic (exact) mass is 459 g/mol. The molecule has 32 heavy (non-hydrogen) atoms. The molecule has 0 aliphatic heterocycles. The molecule has 0 unspecified atom stereocenters. The van der Waals surface area contributed by atoms with Gasteiger partial charge < -0.3 is 0 Å². The molecule has 0 amide bonds. The molecule has 0 aliphatic rings. The minimum atomic E-state index is -3.88. The second-order valence-electron chi connectivity index (χ2n) is 13.1. The third-order valence-corrected chi connectivity index (χ3v) is 7.33. The Morgan fingerprint density at radius 1 is 0.562 bits per heavy atom. The van der Waals surface area contributed by atoms with E-state index >= 15 is 0 Å². The molecular formula is C28H44O3P+. The highest BCUT2D eigenvalue weighted by Gasteiger charge is 2.46. The van der Waals surface area contributed by atoms with Crippen molar-refractivity contribution in [2.24, 2.45) is 0 Å². The van der Waals surface area contributed by atoms with Gasteiger partial charge in [0.2, 0.25) is 0 Å². The van der Waals surface area contributed by atoms with Crippen LogP contribution in [-0.2, 0) is 21.7 Å². The quantitative estimate of drug-likeness (QED) is 0.473. The van der Waals surface area contributed by atoms with Gasteiger partial charge in [-0.05, 0) is 44.9 Å². The van der Waals surface area contributed by atoms with Crippen LogP contribution < -0.4 is 9.83 Å². The molecule has 0 heterocycles. The molecule has 2 N–H and O–H groups in total. The normalized spacial score (nSPS) is 13.9. The Morgan fingerprint density at radius 3 is 1.38 bits per heavy atom. The van der Waals surface area contributed by atoms with Crippen LogP contribution >= 0.6 is 7.94 Å². The Morgan fingerprint density at radius 2 is 0.969 bits per heavy atom. The lowest BCUT2D eigenvalue weighted by molar-refractivity contribution is 0.349. The first-order valence-corrected chi connectivity index (χ1v) is 13.1. The molecule has 2 rings (SSSR count). The fourth-order valence-electron chi connectivity index (χ4n) is 3.71. The summed E-state index contributed by atoms with van der Waals surface area (Å²) >= 11 is 0. The Bertz CT molecular complexity index is 962. The topological polar surface area (TPSA) is 49.7 Å². The van der Waals surface area contributed by atoms with E-state index in [9.17, 15) is 9.79 Å². The van der Waals surface area contributed by atoms with E-state index in [1.807, 2.05) is 24.3 Å². The highest BCUT2D eigenvalue weighted by atomic mass is 31.2. The maximum absolute atomic E-state index is 11.3. The maximum atomic E-state index is 11.3. The van der Waals surface area contributed by atoms with E-state index in [1.54, 1.807) is 0 Å². The summed E-state index contributed by atoms with van der Waals surface area (Å²) in [7, 11) is -3.88. The summed E-state index contributed by atoms with van der Waals surface area (Å²) in [6.45, 7) is 25.7. The number of benzene rings is 2. The average molecular weight is 460 g/mol. The molecule has 0 radical (unpaired) electrons. The van der Waals surface area contributed by atoms with Crippen LogP contribution in [0.15, 0.2) is 36.4 Å². The molecule has 0 aromatic heterocycles. The minimum absolute atomic E-state index is 0.00855. The third kappa shape index (κ3) is 6.13. The molecule has 0 saturated carbocycles. The van der Waals surface area contributed by atoms with Gasteiger partial charge in [-0.15, -0.1) is 0 Å². The molecular weight excluding hydrogens is 415 g/mol. The lowest BCUT2D eigenvalue weighted by atomic mass is 9.80. The van der Waals surface area contributed by atoms with Gasteiger partial charge in [0.25, 0.3) is 0 Å². The zero-order valence-electron chi connectivity index (χ0n) is 22.2. The molecule has 0 aliphatic carbocycles. The van der Waals surface area contributed by atoms with Crippen molar-refractivity contribution >= 4 is 13.2 Å². The van der Waals surface area contributed by atoms with Crippen molar-refractivity contribution in [2.45, 2.75) is 105 Å². The minimum Gasteiger partial charge on any atom is -0.281 e. The summed E-state index contributed by atoms with van der Waals surface area (Å²) in [6.07, 6.45) is 0. The first-order valence-electron chi connectivity index (χ1n) is 11.5. The van der Waals surface area contributed by atoms with Crippen molar-refractivity contribution < 1.29 is 14.3 Å². The van der Waals surface area contributed by atoms with Gasteiger partial charge >= 0.3 is 7.94 Å². The van der Waals surface area contributed by atoms with Gasteiger partial charge in [0, 0.05) is 11.1 Å². The van der Waals surface area contributed by atoms with E-state index in [4.69, 9.17) is 4.52 Å². The van der Waals surface area contributed by atoms with E-state index in [2.05, 4.69) is 95.2 Å². The third-order valence-electron chi connectivity index (χ3n) is 5.86. The second kappa shape index (κ2) is 8.42. The SMILES string of the molecule is CC(C)(C)c1ccc(O[P+](O)(O)c2ccc(C(C)(C)C)cc2C(C)(C)C)c(C(C)(C)C)c1. The number of hydrogen-bond acceptors (Lipinski definition) is 3. The van der Waals surface area contributed by atoms with Crippen LogP contribution in [0.1, 0.15) is 105 Å². The second-order valence-corrected chi connectivity index (χ2v) is 14.8. The first kappa shape index (κ1) is 26.8. The van der Waals surface area contributed by atoms with Gasteiger partial charge in [-0.25, -0.2) is 0 Å². The number of rotatable bonds is 3. The van der Waals surface area contributed by atoms with Crippen LogP contribution in [-0.4, -0.2) is 9.79 Å². The Kier molecular flexibility index (Phi) is 7.06. The zero-order chi connectivity index (χ0) is 24.9. The van der Waals surface area contributed by atoms with Crippen molar-refractivity contribution in [3.63, 3.8) is 0 Å². The average Bonchev–Trinajstić information content (AvgIpc) is 2.57. The van der Waals surface area contributed by atoms with Gasteiger partial charge in [-0.1, -0.05) is 107 Å². The lowest BCUT2D eigenvalue weighted by Crippen LogP contribution is -2.29. The largest absolute Gasteiger partial charge is 0.487 e. The van der Waals surface area contributed by atoms with Gasteiger partial charge in [-0.3, -0.25) is 4.52 Å². The van der Waals surface area contributed by atoms with Crippen molar-refractivity contribution in [1.82, 2.24) is 0 Å². The standard InChI is InChI=1S/C28H44O3P/c1-25(2,3)19-13-15-23(21(17-19)27(7,8)9)31-32(29,30)24-16-14-20(26(4,5)6)18-22(24)28(10,11)12/h13-18,29-30H,1-12H3/q+1. The van der Waals surface area contributed by atoms with Gasteiger partial charge in [0.15, 0.2) is 11.1 Å². The molecule has 0 spiro atoms. The van der Waals surface area contributed by atoms with E-state index < -0.39 is 7.94 Å². The fraction of sp³-hybridized carbons (Fsp3) is 0.571. The fourth-order valence-corrected chi connectivity index (χ4v) is 5.22. The van der Waals surface area contributed by atoms with Crippen LogP contribution in [0.2, 0.25) is 0 Å². The Hall–Kier alpha value is -1.41. The first-order chi connectivity index (χ1) is 14.1. The summed E-state index contributed by atoms with van der Waals surface area (Å²) in [5.41, 5.74) is 3.72. The summed E-state index contributed by atoms with van der Waals surface area (Å²) in [4.78, 5) is 22.7. The van der Waals surface area contributed by atoms with Crippen molar-refractivity contribution in [2.75, 3.05) is 0 Å². The van der Waals surface area contributed by atoms with Crippen molar-refractivity contribution in [1.29, 1.82) is 0 Å². The molecule has 178 valence electrons. The van der Waals surface area contributed by atoms with E-state index in [0.717, 1.165) is 16.7 Å². The van der Waals surface area contributed by atoms with E-state index in [1.165, 1.54) is 5.56 Å². The molecule has 0 atom stereocenters. The smallest absolute Gasteiger partial charge is 0.281 e. The van der Waals surface area contributed by atoms with Gasteiger partial charge in [0.05, 0.1) is 0 Å². The van der Waals surface area contributed by atoms with Crippen LogP contribution in [0, 0.1) is 0 Å². The summed E-state index contributed by atoms with van der Waals surface area (Å²) < 4.78 is 6.10. The van der Waals surface area contributed by atoms with Crippen LogP contribution in [0.5, 0.6) is 5.75 Å². The van der Waals surface area contributed by atoms with Crippen molar-refractivity contribution in [3.05, 3.63) is 58.7 Å². The summed E-state index contributed by atoms with van der Waals surface area (Å²) in [6, 6.07) is 12.0. The molecule has 4 heteroatoms. The van der Waals surface area contributed by atoms with Crippen LogP contribution in [0.25, 0.3) is 0 Å². The van der Waals surface area contributed by atoms with E-state index in [-0.39, 0.29) is 21.7 Å². The molecule has 0 fully saturated rings. The van der Waals surface area contributed by atoms with Gasteiger partial charge in [0.1, 0.15) is 0 Å². The lowest BCUT2D eigenvalue weighted by Gasteiger charge is -2.29. The maximum Gasteiger partial charge on any atom is 0.487 e. The predicted molar refractivity (Wildman–Crippen MR) is 139 cm³/mol. The van der Waals surface area contributed by atoms with Crippen LogP contribution in [0.4, 0.5) is 0 Å². The summed E-state index contributed by atoms with van der Waals surface area (Å²) in [5.74, 6) is 0.531. The molecule has 0 saturated heterocycles. The molecule has 2 aromatic rings. The molecule has 2 aromatic carbocycles. The van der Waals surface area contributed by atoms with Crippen LogP contribution in [0.3, 0.4) is 0 Å². The van der Waals surface area contributed by atoms with Crippen molar-refractivity contribution in [3.8, 4) is 5.75 Å². The number of hydrogen-bond donors (Lipinski definition) is 2. The molecule has 0 bridgehead atoms. The van der Waals surface area contributed by atoms with E-state index in [0.29, 0.717) is 11.1 Å².